The fraction of sp³-hybridized carbons (Fsp3) is 0.333. The maximum absolute atomic E-state index is 10.9. The first-order valence-corrected chi connectivity index (χ1v) is 4.30. The SMILES string of the molecule is CC[C@@H](N)c1cnc(N)cc1C(=O)O. The van der Waals surface area contributed by atoms with Crippen LogP contribution in [-0.4, -0.2) is 16.1 Å². The van der Waals surface area contributed by atoms with Crippen LogP contribution in [0, 0.1) is 0 Å². The molecule has 0 aliphatic heterocycles. The molecular weight excluding hydrogens is 182 g/mol. The number of rotatable bonds is 3. The Balaban J connectivity index is 3.21. The third-order valence-electron chi connectivity index (χ3n) is 2.03. The van der Waals surface area contributed by atoms with Gasteiger partial charge in [-0.1, -0.05) is 6.92 Å². The molecule has 5 nitrogen and oxygen atoms in total. The predicted molar refractivity (Wildman–Crippen MR) is 52.8 cm³/mol. The van der Waals surface area contributed by atoms with Crippen LogP contribution in [0.3, 0.4) is 0 Å². The summed E-state index contributed by atoms with van der Waals surface area (Å²) in [6.07, 6.45) is 2.08. The first-order chi connectivity index (χ1) is 6.56. The Bertz CT molecular complexity index is 352. The van der Waals surface area contributed by atoms with Gasteiger partial charge in [-0.25, -0.2) is 9.78 Å². The molecule has 1 rings (SSSR count). The quantitative estimate of drug-likeness (QED) is 0.661. The van der Waals surface area contributed by atoms with E-state index in [1.807, 2.05) is 6.92 Å². The topological polar surface area (TPSA) is 102 Å². The molecule has 14 heavy (non-hydrogen) atoms. The Morgan fingerprint density at radius 2 is 2.36 bits per heavy atom. The highest BCUT2D eigenvalue weighted by molar-refractivity contribution is 5.90. The van der Waals surface area contributed by atoms with E-state index < -0.39 is 5.97 Å². The van der Waals surface area contributed by atoms with Gasteiger partial charge in [-0.15, -0.1) is 0 Å². The summed E-state index contributed by atoms with van der Waals surface area (Å²) in [6, 6.07) is 1.02. The van der Waals surface area contributed by atoms with Crippen LogP contribution >= 0.6 is 0 Å². The van der Waals surface area contributed by atoms with E-state index in [-0.39, 0.29) is 17.4 Å². The van der Waals surface area contributed by atoms with Crippen LogP contribution in [0.25, 0.3) is 0 Å². The molecule has 1 heterocycles. The number of hydrogen-bond donors (Lipinski definition) is 3. The molecule has 1 aromatic heterocycles. The van der Waals surface area contributed by atoms with Gasteiger partial charge in [0.2, 0.25) is 0 Å². The molecule has 1 aromatic rings. The molecule has 0 aliphatic carbocycles. The zero-order valence-electron chi connectivity index (χ0n) is 7.90. The Morgan fingerprint density at radius 1 is 1.71 bits per heavy atom. The average Bonchev–Trinajstić information content (AvgIpc) is 2.16. The molecule has 0 saturated carbocycles. The lowest BCUT2D eigenvalue weighted by molar-refractivity contribution is 0.0695. The van der Waals surface area contributed by atoms with E-state index in [9.17, 15) is 4.79 Å². The summed E-state index contributed by atoms with van der Waals surface area (Å²) < 4.78 is 0. The molecule has 0 radical (unpaired) electrons. The number of nitrogen functional groups attached to an aromatic ring is 1. The molecule has 0 amide bonds. The molecule has 0 saturated heterocycles. The molecule has 0 unspecified atom stereocenters. The maximum Gasteiger partial charge on any atom is 0.336 e. The number of aromatic nitrogens is 1. The van der Waals surface area contributed by atoms with Gasteiger partial charge in [-0.05, 0) is 12.5 Å². The second kappa shape index (κ2) is 4.06. The van der Waals surface area contributed by atoms with E-state index in [1.165, 1.54) is 12.3 Å². The molecule has 1 atom stereocenters. The Labute approximate surface area is 81.7 Å². The zero-order chi connectivity index (χ0) is 10.7. The number of anilines is 1. The molecule has 5 N–H and O–H groups in total. The minimum absolute atomic E-state index is 0.131. The molecule has 5 heteroatoms. The lowest BCUT2D eigenvalue weighted by Crippen LogP contribution is -2.15. The van der Waals surface area contributed by atoms with Crippen molar-refractivity contribution in [1.82, 2.24) is 4.98 Å². The van der Waals surface area contributed by atoms with Crippen molar-refractivity contribution in [3.8, 4) is 0 Å². The summed E-state index contributed by atoms with van der Waals surface area (Å²) in [6.45, 7) is 1.88. The third-order valence-corrected chi connectivity index (χ3v) is 2.03. The van der Waals surface area contributed by atoms with Gasteiger partial charge in [0.05, 0.1) is 5.56 Å². The molecule has 0 bridgehead atoms. The molecule has 0 aromatic carbocycles. The van der Waals surface area contributed by atoms with Gasteiger partial charge >= 0.3 is 5.97 Å². The van der Waals surface area contributed by atoms with Crippen molar-refractivity contribution < 1.29 is 9.90 Å². The van der Waals surface area contributed by atoms with Gasteiger partial charge in [-0.2, -0.15) is 0 Å². The van der Waals surface area contributed by atoms with Crippen LogP contribution < -0.4 is 11.5 Å². The van der Waals surface area contributed by atoms with E-state index in [2.05, 4.69) is 4.98 Å². The highest BCUT2D eigenvalue weighted by atomic mass is 16.4. The highest BCUT2D eigenvalue weighted by Crippen LogP contribution is 2.19. The first-order valence-electron chi connectivity index (χ1n) is 4.30. The Kier molecular flexibility index (Phi) is 3.03. The number of carboxylic acids is 1. The highest BCUT2D eigenvalue weighted by Gasteiger charge is 2.15. The summed E-state index contributed by atoms with van der Waals surface area (Å²) in [7, 11) is 0. The smallest absolute Gasteiger partial charge is 0.336 e. The molecule has 0 aliphatic rings. The Hall–Kier alpha value is -1.62. The number of carboxylic acid groups (broad SMARTS) is 1. The van der Waals surface area contributed by atoms with Crippen LogP contribution in [0.15, 0.2) is 12.3 Å². The minimum Gasteiger partial charge on any atom is -0.478 e. The number of carbonyl (C=O) groups is 1. The number of hydrogen-bond acceptors (Lipinski definition) is 4. The summed E-state index contributed by atoms with van der Waals surface area (Å²) in [5.74, 6) is -0.840. The van der Waals surface area contributed by atoms with Gasteiger partial charge < -0.3 is 16.6 Å². The van der Waals surface area contributed by atoms with Crippen molar-refractivity contribution in [3.63, 3.8) is 0 Å². The fourth-order valence-corrected chi connectivity index (χ4v) is 1.18. The second-order valence-electron chi connectivity index (χ2n) is 3.02. The van der Waals surface area contributed by atoms with Crippen LogP contribution in [0.4, 0.5) is 5.82 Å². The van der Waals surface area contributed by atoms with E-state index in [4.69, 9.17) is 16.6 Å². The third kappa shape index (κ3) is 2.00. The maximum atomic E-state index is 10.9. The van der Waals surface area contributed by atoms with Crippen molar-refractivity contribution >= 4 is 11.8 Å². The summed E-state index contributed by atoms with van der Waals surface area (Å²) in [5, 5.41) is 8.90. The van der Waals surface area contributed by atoms with Crippen molar-refractivity contribution in [2.45, 2.75) is 19.4 Å². The first kappa shape index (κ1) is 10.5. The minimum atomic E-state index is -1.03. The van der Waals surface area contributed by atoms with E-state index >= 15 is 0 Å². The van der Waals surface area contributed by atoms with Crippen LogP contribution in [0.2, 0.25) is 0 Å². The standard InChI is InChI=1S/C9H13N3O2/c1-2-7(10)6-4-12-8(11)3-5(6)9(13)14/h3-4,7H,2,10H2,1H3,(H2,11,12)(H,13,14)/t7-/m1/s1. The lowest BCUT2D eigenvalue weighted by atomic mass is 10.0. The normalized spacial score (nSPS) is 12.4. The van der Waals surface area contributed by atoms with Gasteiger partial charge in [0.15, 0.2) is 0 Å². The van der Waals surface area contributed by atoms with E-state index in [1.54, 1.807) is 0 Å². The van der Waals surface area contributed by atoms with Crippen molar-refractivity contribution in [3.05, 3.63) is 23.4 Å². The Morgan fingerprint density at radius 3 is 2.86 bits per heavy atom. The fourth-order valence-electron chi connectivity index (χ4n) is 1.18. The molecule has 0 fully saturated rings. The average molecular weight is 195 g/mol. The van der Waals surface area contributed by atoms with Gasteiger partial charge in [0.25, 0.3) is 0 Å². The zero-order valence-corrected chi connectivity index (χ0v) is 7.90. The van der Waals surface area contributed by atoms with Crippen molar-refractivity contribution in [2.24, 2.45) is 5.73 Å². The van der Waals surface area contributed by atoms with Gasteiger partial charge in [-0.3, -0.25) is 0 Å². The lowest BCUT2D eigenvalue weighted by Gasteiger charge is -2.11. The number of aromatic carboxylic acids is 1. The number of pyridine rings is 1. The molecular formula is C9H13N3O2. The van der Waals surface area contributed by atoms with Crippen LogP contribution in [0.1, 0.15) is 35.3 Å². The molecule has 0 spiro atoms. The largest absolute Gasteiger partial charge is 0.478 e. The van der Waals surface area contributed by atoms with Gasteiger partial charge in [0, 0.05) is 17.8 Å². The van der Waals surface area contributed by atoms with Crippen molar-refractivity contribution in [1.29, 1.82) is 0 Å². The summed E-state index contributed by atoms with van der Waals surface area (Å²) >= 11 is 0. The van der Waals surface area contributed by atoms with E-state index in [0.717, 1.165) is 0 Å². The monoisotopic (exact) mass is 195 g/mol. The summed E-state index contributed by atoms with van der Waals surface area (Å²) in [5.41, 5.74) is 11.8. The van der Waals surface area contributed by atoms with Crippen molar-refractivity contribution in [2.75, 3.05) is 5.73 Å². The number of nitrogens with zero attached hydrogens (tertiary/aromatic N) is 1. The van der Waals surface area contributed by atoms with Crippen LogP contribution in [0.5, 0.6) is 0 Å². The summed E-state index contributed by atoms with van der Waals surface area (Å²) in [4.78, 5) is 14.7. The predicted octanol–water partition coefficient (Wildman–Crippen LogP) is 0.772. The molecule has 76 valence electrons. The second-order valence-corrected chi connectivity index (χ2v) is 3.02. The van der Waals surface area contributed by atoms with Crippen LogP contribution in [-0.2, 0) is 0 Å². The number of nitrogens with two attached hydrogens (primary N) is 2. The van der Waals surface area contributed by atoms with E-state index in [0.29, 0.717) is 12.0 Å². The van der Waals surface area contributed by atoms with Gasteiger partial charge in [0.1, 0.15) is 5.82 Å².